The van der Waals surface area contributed by atoms with Crippen LogP contribution in [0, 0.1) is 0 Å². The predicted octanol–water partition coefficient (Wildman–Crippen LogP) is 4.48. The summed E-state index contributed by atoms with van der Waals surface area (Å²) in [5.41, 5.74) is 3.54. The van der Waals surface area contributed by atoms with E-state index in [2.05, 4.69) is 42.0 Å². The van der Waals surface area contributed by atoms with E-state index in [-0.39, 0.29) is 0 Å². The van der Waals surface area contributed by atoms with Crippen molar-refractivity contribution in [2.24, 2.45) is 48.6 Å². The molecule has 0 spiro atoms. The Hall–Kier alpha value is -4.68. The van der Waals surface area contributed by atoms with Crippen molar-refractivity contribution in [3.8, 4) is 11.5 Å². The van der Waals surface area contributed by atoms with Crippen LogP contribution in [-0.4, -0.2) is 40.3 Å². The number of hydrogen-bond donors (Lipinski definition) is 1. The Morgan fingerprint density at radius 3 is 1.88 bits per heavy atom. The maximum absolute atomic E-state index is 5.56. The molecule has 13 heteroatoms. The number of aryl methyl sites for hydroxylation is 5. The Bertz CT molecular complexity index is 1340. The van der Waals surface area contributed by atoms with Gasteiger partial charge in [0.1, 0.15) is 22.9 Å². The van der Waals surface area contributed by atoms with E-state index < -0.39 is 0 Å². The van der Waals surface area contributed by atoms with Gasteiger partial charge in [0.05, 0.1) is 42.4 Å². The van der Waals surface area contributed by atoms with E-state index >= 15 is 0 Å². The molecule has 0 atom stereocenters. The summed E-state index contributed by atoms with van der Waals surface area (Å²) in [5.74, 6) is 2.65. The van der Waals surface area contributed by atoms with Crippen molar-refractivity contribution in [3.05, 3.63) is 54.6 Å². The van der Waals surface area contributed by atoms with Gasteiger partial charge in [-0.15, -0.1) is 9.36 Å². The van der Waals surface area contributed by atoms with Gasteiger partial charge in [-0.05, 0) is 59.3 Å². The fourth-order valence-electron chi connectivity index (χ4n) is 4.13. The van der Waals surface area contributed by atoms with E-state index in [1.54, 1.807) is 40.8 Å². The number of rotatable bonds is 13. The molecule has 2 aromatic carbocycles. The van der Waals surface area contributed by atoms with Crippen molar-refractivity contribution in [2.75, 3.05) is 26.1 Å². The number of anilines is 1. The van der Waals surface area contributed by atoms with Crippen LogP contribution >= 0.6 is 0 Å². The fourth-order valence-corrected chi connectivity index (χ4v) is 4.13. The second-order valence-corrected chi connectivity index (χ2v) is 9.36. The average molecular weight is 548 g/mol. The van der Waals surface area contributed by atoms with Crippen LogP contribution in [0.1, 0.15) is 24.8 Å². The molecule has 0 fully saturated rings. The zero-order chi connectivity index (χ0) is 28.5. The highest BCUT2D eigenvalue weighted by atomic mass is 16.5. The maximum atomic E-state index is 5.56. The van der Waals surface area contributed by atoms with Crippen molar-refractivity contribution >= 4 is 29.0 Å². The summed E-state index contributed by atoms with van der Waals surface area (Å²) >= 11 is 0. The fraction of sp³-hybridized carbons (Fsp3) is 0.407. The Balaban J connectivity index is 1.24. The summed E-state index contributed by atoms with van der Waals surface area (Å²) in [7, 11) is 10.7. The maximum Gasteiger partial charge on any atom is 0.403 e. The van der Waals surface area contributed by atoms with Gasteiger partial charge in [-0.25, -0.2) is 9.13 Å². The van der Waals surface area contributed by atoms with E-state index in [0.29, 0.717) is 34.8 Å². The first-order chi connectivity index (χ1) is 19.4. The quantitative estimate of drug-likeness (QED) is 0.150. The van der Waals surface area contributed by atoms with Gasteiger partial charge < -0.3 is 14.8 Å². The Morgan fingerprint density at radius 2 is 1.32 bits per heavy atom. The molecule has 0 unspecified atom stereocenters. The predicted molar refractivity (Wildman–Crippen MR) is 149 cm³/mol. The van der Waals surface area contributed by atoms with Crippen LogP contribution in [-0.2, 0) is 34.6 Å². The van der Waals surface area contributed by atoms with Crippen molar-refractivity contribution in [1.29, 1.82) is 0 Å². The minimum Gasteiger partial charge on any atom is -0.494 e. The highest BCUT2D eigenvalue weighted by molar-refractivity contribution is 5.60. The SMILES string of the molecule is COc1cc(CCCCCNc2ccc(N=Nc3n(C)nc[n+]3C)c(OC)c2)ccc1N=Nc1n(C)nc[n+]1C. The highest BCUT2D eigenvalue weighted by Crippen LogP contribution is 2.32. The second-order valence-electron chi connectivity index (χ2n) is 9.36. The van der Waals surface area contributed by atoms with Gasteiger partial charge in [-0.2, -0.15) is 0 Å². The largest absolute Gasteiger partial charge is 0.494 e. The van der Waals surface area contributed by atoms with Gasteiger partial charge in [0, 0.05) is 28.5 Å². The third kappa shape index (κ3) is 7.04. The van der Waals surface area contributed by atoms with Gasteiger partial charge in [0.2, 0.25) is 12.7 Å². The van der Waals surface area contributed by atoms with Gasteiger partial charge in [-0.3, -0.25) is 0 Å². The Morgan fingerprint density at radius 1 is 0.750 bits per heavy atom. The Kier molecular flexibility index (Phi) is 9.49. The number of methoxy groups -OCH3 is 2. The van der Waals surface area contributed by atoms with Crippen LogP contribution in [0.15, 0.2) is 69.5 Å². The molecule has 0 saturated heterocycles. The molecule has 0 amide bonds. The average Bonchev–Trinajstić information content (AvgIpc) is 3.46. The van der Waals surface area contributed by atoms with Gasteiger partial charge in [0.25, 0.3) is 0 Å². The van der Waals surface area contributed by atoms with E-state index in [1.807, 2.05) is 63.1 Å². The molecular weight excluding hydrogens is 510 g/mol. The summed E-state index contributed by atoms with van der Waals surface area (Å²) in [6.45, 7) is 0.864. The number of azo groups is 2. The summed E-state index contributed by atoms with van der Waals surface area (Å²) in [6.07, 6.45) is 7.56. The summed E-state index contributed by atoms with van der Waals surface area (Å²) in [6, 6.07) is 11.9. The molecule has 210 valence electrons. The van der Waals surface area contributed by atoms with Gasteiger partial charge in [-0.1, -0.05) is 22.7 Å². The molecule has 0 radical (unpaired) electrons. The molecule has 0 bridgehead atoms. The minimum absolute atomic E-state index is 0.638. The van der Waals surface area contributed by atoms with E-state index in [9.17, 15) is 0 Å². The first kappa shape index (κ1) is 28.3. The lowest BCUT2D eigenvalue weighted by atomic mass is 10.1. The van der Waals surface area contributed by atoms with Crippen LogP contribution in [0.4, 0.5) is 29.0 Å². The number of ether oxygens (including phenoxy) is 2. The van der Waals surface area contributed by atoms with Gasteiger partial charge in [0.15, 0.2) is 0 Å². The number of nitrogens with zero attached hydrogens (tertiary/aromatic N) is 10. The number of aromatic nitrogens is 6. The normalized spacial score (nSPS) is 11.6. The second kappa shape index (κ2) is 13.4. The number of unbranched alkanes of at least 4 members (excludes halogenated alkanes) is 2. The van der Waals surface area contributed by atoms with Crippen LogP contribution in [0.25, 0.3) is 0 Å². The molecule has 40 heavy (non-hydrogen) atoms. The number of hydrogen-bond acceptors (Lipinski definition) is 9. The van der Waals surface area contributed by atoms with Crippen molar-refractivity contribution < 1.29 is 18.6 Å². The van der Waals surface area contributed by atoms with E-state index in [0.717, 1.165) is 37.9 Å². The number of nitrogens with one attached hydrogen (secondary N) is 1. The van der Waals surface area contributed by atoms with Crippen molar-refractivity contribution in [2.45, 2.75) is 25.7 Å². The highest BCUT2D eigenvalue weighted by Gasteiger charge is 2.14. The molecule has 4 rings (SSSR count). The summed E-state index contributed by atoms with van der Waals surface area (Å²) in [4.78, 5) is 0. The molecule has 1 N–H and O–H groups in total. The molecular formula is C27H37N11O2+2. The third-order valence-corrected chi connectivity index (χ3v) is 6.40. The molecule has 0 aliphatic carbocycles. The summed E-state index contributed by atoms with van der Waals surface area (Å²) in [5, 5.41) is 29.1. The van der Waals surface area contributed by atoms with Crippen molar-refractivity contribution in [3.63, 3.8) is 0 Å². The topological polar surface area (TPSA) is 123 Å². The summed E-state index contributed by atoms with van der Waals surface area (Å²) < 4.78 is 18.0. The zero-order valence-corrected chi connectivity index (χ0v) is 23.9. The standard InChI is InChI=1S/C27H36N11O2/c1-35-18-29-37(3)26(35)33-31-22-13-11-20(16-24(22)39-5)10-8-7-9-15-28-21-12-14-23(25(17-21)40-6)32-34-27-36(2)19-30-38(27)4/h11-14,16-19H,7-10,15H2,1-6H3/q+1/p+1. The van der Waals surface area contributed by atoms with Crippen LogP contribution in [0.5, 0.6) is 11.5 Å². The molecule has 0 aliphatic heterocycles. The lowest BCUT2D eigenvalue weighted by Gasteiger charge is -2.10. The first-order valence-electron chi connectivity index (χ1n) is 13.1. The van der Waals surface area contributed by atoms with E-state index in [1.165, 1.54) is 5.56 Å². The van der Waals surface area contributed by atoms with Crippen LogP contribution in [0.3, 0.4) is 0 Å². The van der Waals surface area contributed by atoms with Gasteiger partial charge >= 0.3 is 11.9 Å². The Labute approximate surface area is 233 Å². The zero-order valence-electron chi connectivity index (χ0n) is 23.9. The molecule has 4 aromatic rings. The lowest BCUT2D eigenvalue weighted by Crippen LogP contribution is -2.25. The van der Waals surface area contributed by atoms with Crippen LogP contribution < -0.4 is 23.9 Å². The molecule has 13 nitrogen and oxygen atoms in total. The lowest BCUT2D eigenvalue weighted by molar-refractivity contribution is -0.659. The molecule has 0 aliphatic rings. The van der Waals surface area contributed by atoms with Crippen molar-refractivity contribution in [1.82, 2.24) is 19.6 Å². The third-order valence-electron chi connectivity index (χ3n) is 6.40. The number of benzene rings is 2. The smallest absolute Gasteiger partial charge is 0.403 e. The first-order valence-corrected chi connectivity index (χ1v) is 13.1. The molecule has 0 saturated carbocycles. The van der Waals surface area contributed by atoms with E-state index in [4.69, 9.17) is 9.47 Å². The monoisotopic (exact) mass is 547 g/mol. The minimum atomic E-state index is 0.638. The molecule has 2 heterocycles. The van der Waals surface area contributed by atoms with Crippen LogP contribution in [0.2, 0.25) is 0 Å². The molecule has 2 aromatic heterocycles.